The maximum Gasteiger partial charge on any atom is 0.320 e. The normalized spacial score (nSPS) is 12.5. The van der Waals surface area contributed by atoms with Crippen LogP contribution in [0.15, 0.2) is 71.7 Å². The average molecular weight is 390 g/mol. The summed E-state index contributed by atoms with van der Waals surface area (Å²) in [6.45, 7) is 0.444. The number of hydrogen-bond acceptors (Lipinski definition) is 3. The highest BCUT2D eigenvalue weighted by molar-refractivity contribution is 6.02. The maximum absolute atomic E-state index is 12.3. The van der Waals surface area contributed by atoms with Gasteiger partial charge in [-0.3, -0.25) is 9.59 Å². The first-order valence-electron chi connectivity index (χ1n) is 9.10. The molecule has 0 bridgehead atoms. The molecule has 0 spiro atoms. The fraction of sp³-hybridized carbons (Fsp3) is 0.136. The summed E-state index contributed by atoms with van der Waals surface area (Å²) in [5.74, 6) is -1.53. The Hall–Kier alpha value is -3.71. The van der Waals surface area contributed by atoms with Crippen molar-refractivity contribution in [3.05, 3.63) is 83.4 Å². The highest BCUT2D eigenvalue weighted by atomic mass is 16.4. The van der Waals surface area contributed by atoms with Gasteiger partial charge in [-0.15, -0.1) is 0 Å². The smallest absolute Gasteiger partial charge is 0.320 e. The molecule has 29 heavy (non-hydrogen) atoms. The summed E-state index contributed by atoms with van der Waals surface area (Å²) in [4.78, 5) is 26.9. The van der Waals surface area contributed by atoms with Crippen molar-refractivity contribution in [2.24, 2.45) is 16.5 Å². The molecular formula is C22H22N4O3. The molecule has 0 saturated carbocycles. The summed E-state index contributed by atoms with van der Waals surface area (Å²) in [6, 6.07) is 19.6. The summed E-state index contributed by atoms with van der Waals surface area (Å²) >= 11 is 0. The zero-order valence-electron chi connectivity index (χ0n) is 15.7. The number of rotatable bonds is 6. The third-order valence-corrected chi connectivity index (χ3v) is 4.48. The third kappa shape index (κ3) is 5.40. The van der Waals surface area contributed by atoms with Crippen LogP contribution in [0.4, 0.5) is 0 Å². The topological polar surface area (TPSA) is 131 Å². The van der Waals surface area contributed by atoms with Crippen molar-refractivity contribution in [2.75, 3.05) is 0 Å². The minimum atomic E-state index is -1.07. The van der Waals surface area contributed by atoms with Crippen molar-refractivity contribution in [3.8, 4) is 0 Å². The van der Waals surface area contributed by atoms with Gasteiger partial charge < -0.3 is 21.9 Å². The summed E-state index contributed by atoms with van der Waals surface area (Å²) in [6.07, 6.45) is 0.183. The van der Waals surface area contributed by atoms with E-state index in [9.17, 15) is 9.59 Å². The first kappa shape index (κ1) is 20.0. The number of carboxylic acids is 1. The van der Waals surface area contributed by atoms with Crippen LogP contribution < -0.4 is 16.8 Å². The lowest BCUT2D eigenvalue weighted by Gasteiger charge is -2.08. The van der Waals surface area contributed by atoms with E-state index < -0.39 is 17.9 Å². The Morgan fingerprint density at radius 1 is 0.966 bits per heavy atom. The number of benzene rings is 3. The first-order valence-corrected chi connectivity index (χ1v) is 9.10. The number of amides is 1. The molecule has 1 unspecified atom stereocenters. The number of aliphatic imine (C=N–C) groups is 1. The SMILES string of the molecule is NC(=NC(=O)c1ccc(CC(N)C(=O)O)cc1)NCc1ccc2ccccc2c1. The number of aliphatic carboxylic acids is 1. The number of guanidine groups is 1. The highest BCUT2D eigenvalue weighted by Crippen LogP contribution is 2.15. The number of carboxylic acid groups (broad SMARTS) is 1. The molecule has 0 aliphatic heterocycles. The van der Waals surface area contributed by atoms with Gasteiger partial charge in [-0.05, 0) is 46.5 Å². The van der Waals surface area contributed by atoms with Gasteiger partial charge >= 0.3 is 5.97 Å². The lowest BCUT2D eigenvalue weighted by molar-refractivity contribution is -0.138. The second-order valence-electron chi connectivity index (χ2n) is 6.68. The summed E-state index contributed by atoms with van der Waals surface area (Å²) in [5.41, 5.74) is 13.5. The van der Waals surface area contributed by atoms with Crippen LogP contribution in [-0.4, -0.2) is 29.0 Å². The molecule has 3 aromatic carbocycles. The summed E-state index contributed by atoms with van der Waals surface area (Å²) in [7, 11) is 0. The fourth-order valence-corrected chi connectivity index (χ4v) is 2.88. The van der Waals surface area contributed by atoms with E-state index in [0.717, 1.165) is 21.9 Å². The van der Waals surface area contributed by atoms with Gasteiger partial charge in [-0.25, -0.2) is 0 Å². The molecule has 0 fully saturated rings. The Balaban J connectivity index is 1.59. The maximum atomic E-state index is 12.3. The van der Waals surface area contributed by atoms with Crippen LogP contribution in [0.3, 0.4) is 0 Å². The van der Waals surface area contributed by atoms with E-state index in [1.54, 1.807) is 24.3 Å². The number of nitrogens with two attached hydrogens (primary N) is 2. The molecular weight excluding hydrogens is 368 g/mol. The standard InChI is InChI=1S/C22H22N4O3/c23-19(21(28)29)12-14-5-9-17(10-6-14)20(27)26-22(24)25-13-15-7-8-16-3-1-2-4-18(16)11-15/h1-11,19H,12-13,23H2,(H,28,29)(H3,24,25,26,27). The van der Waals surface area contributed by atoms with Gasteiger partial charge in [0, 0.05) is 12.1 Å². The molecule has 0 aliphatic rings. The molecule has 1 amide bonds. The van der Waals surface area contributed by atoms with Crippen molar-refractivity contribution in [3.63, 3.8) is 0 Å². The number of fused-ring (bicyclic) bond motifs is 1. The highest BCUT2D eigenvalue weighted by Gasteiger charge is 2.12. The fourth-order valence-electron chi connectivity index (χ4n) is 2.88. The minimum Gasteiger partial charge on any atom is -0.480 e. The van der Waals surface area contributed by atoms with E-state index in [1.165, 1.54) is 0 Å². The predicted octanol–water partition coefficient (Wildman–Crippen LogP) is 2.04. The Labute approximate surface area is 168 Å². The zero-order chi connectivity index (χ0) is 20.8. The molecule has 0 heterocycles. The van der Waals surface area contributed by atoms with Gasteiger partial charge in [0.25, 0.3) is 5.91 Å². The van der Waals surface area contributed by atoms with Gasteiger partial charge in [-0.1, -0.05) is 48.5 Å². The van der Waals surface area contributed by atoms with E-state index in [0.29, 0.717) is 12.1 Å². The minimum absolute atomic E-state index is 0.0279. The summed E-state index contributed by atoms with van der Waals surface area (Å²) in [5, 5.41) is 14.1. The van der Waals surface area contributed by atoms with Crippen LogP contribution in [0.25, 0.3) is 10.8 Å². The Morgan fingerprint density at radius 2 is 1.62 bits per heavy atom. The molecule has 1 atom stereocenters. The number of carbonyl (C=O) groups is 2. The molecule has 7 nitrogen and oxygen atoms in total. The van der Waals surface area contributed by atoms with E-state index in [-0.39, 0.29) is 12.4 Å². The molecule has 6 N–H and O–H groups in total. The van der Waals surface area contributed by atoms with Crippen molar-refractivity contribution in [1.29, 1.82) is 0 Å². The van der Waals surface area contributed by atoms with Gasteiger partial charge in [0.1, 0.15) is 6.04 Å². The molecule has 3 rings (SSSR count). The van der Waals surface area contributed by atoms with Gasteiger partial charge in [0.2, 0.25) is 0 Å². The van der Waals surface area contributed by atoms with Crippen LogP contribution in [0.1, 0.15) is 21.5 Å². The van der Waals surface area contributed by atoms with Crippen molar-refractivity contribution < 1.29 is 14.7 Å². The molecule has 0 saturated heterocycles. The largest absolute Gasteiger partial charge is 0.480 e. The third-order valence-electron chi connectivity index (χ3n) is 4.48. The van der Waals surface area contributed by atoms with Gasteiger partial charge in [0.15, 0.2) is 5.96 Å². The monoisotopic (exact) mass is 390 g/mol. The first-order chi connectivity index (χ1) is 13.9. The number of nitrogens with one attached hydrogen (secondary N) is 1. The molecule has 148 valence electrons. The lowest BCUT2D eigenvalue weighted by atomic mass is 10.0. The second-order valence-corrected chi connectivity index (χ2v) is 6.68. The zero-order valence-corrected chi connectivity index (χ0v) is 15.7. The Bertz CT molecular complexity index is 1060. The predicted molar refractivity (Wildman–Crippen MR) is 112 cm³/mol. The van der Waals surface area contributed by atoms with Crippen LogP contribution in [0.5, 0.6) is 0 Å². The average Bonchev–Trinajstić information content (AvgIpc) is 2.72. The Kier molecular flexibility index (Phi) is 6.21. The molecule has 7 heteroatoms. The van der Waals surface area contributed by atoms with E-state index in [2.05, 4.69) is 16.4 Å². The quantitative estimate of drug-likeness (QED) is 0.376. The van der Waals surface area contributed by atoms with Crippen molar-refractivity contribution >= 4 is 28.6 Å². The van der Waals surface area contributed by atoms with Crippen LogP contribution >= 0.6 is 0 Å². The second kappa shape index (κ2) is 8.99. The number of carbonyl (C=O) groups excluding carboxylic acids is 1. The van der Waals surface area contributed by atoms with Gasteiger partial charge in [0.05, 0.1) is 0 Å². The van der Waals surface area contributed by atoms with E-state index in [4.69, 9.17) is 16.6 Å². The van der Waals surface area contributed by atoms with Crippen LogP contribution in [0.2, 0.25) is 0 Å². The lowest BCUT2D eigenvalue weighted by Crippen LogP contribution is -2.32. The molecule has 0 aliphatic carbocycles. The van der Waals surface area contributed by atoms with E-state index in [1.807, 2.05) is 36.4 Å². The number of nitrogens with zero attached hydrogens (tertiary/aromatic N) is 1. The molecule has 3 aromatic rings. The molecule has 0 radical (unpaired) electrons. The van der Waals surface area contributed by atoms with Crippen LogP contribution in [0, 0.1) is 0 Å². The van der Waals surface area contributed by atoms with Crippen molar-refractivity contribution in [1.82, 2.24) is 5.32 Å². The van der Waals surface area contributed by atoms with Gasteiger partial charge in [-0.2, -0.15) is 4.99 Å². The number of hydrogen-bond donors (Lipinski definition) is 4. The van der Waals surface area contributed by atoms with E-state index >= 15 is 0 Å². The Morgan fingerprint density at radius 3 is 2.31 bits per heavy atom. The summed E-state index contributed by atoms with van der Waals surface area (Å²) < 4.78 is 0. The molecule has 0 aromatic heterocycles. The van der Waals surface area contributed by atoms with Crippen LogP contribution in [-0.2, 0) is 17.8 Å². The van der Waals surface area contributed by atoms with Crippen molar-refractivity contribution in [2.45, 2.75) is 19.0 Å².